The molecule has 0 fully saturated rings. The van der Waals surface area contributed by atoms with E-state index < -0.39 is 59.0 Å². The maximum absolute atomic E-state index is 13.9. The van der Waals surface area contributed by atoms with Gasteiger partial charge in [-0.2, -0.15) is 36.7 Å². The first-order chi connectivity index (χ1) is 20.4. The fourth-order valence-electron chi connectivity index (χ4n) is 4.20. The molecule has 0 aliphatic rings. The van der Waals surface area contributed by atoms with Crippen LogP contribution in [0.1, 0.15) is 69.8 Å². The van der Waals surface area contributed by atoms with E-state index in [0.29, 0.717) is 9.36 Å². The second-order valence-electron chi connectivity index (χ2n) is 10.6. The zero-order valence-corrected chi connectivity index (χ0v) is 23.5. The van der Waals surface area contributed by atoms with Crippen molar-refractivity contribution >= 4 is 17.5 Å². The highest BCUT2D eigenvalue weighted by Gasteiger charge is 2.39. The molecule has 0 saturated carbocycles. The van der Waals surface area contributed by atoms with E-state index in [0.717, 1.165) is 24.3 Å². The summed E-state index contributed by atoms with van der Waals surface area (Å²) in [5.74, 6) is -3.19. The molecular formula is C27H23F6N9O2. The third-order valence-electron chi connectivity index (χ3n) is 5.96. The second-order valence-corrected chi connectivity index (χ2v) is 10.6. The Morgan fingerprint density at radius 3 is 2.27 bits per heavy atom. The Morgan fingerprint density at radius 1 is 0.977 bits per heavy atom. The number of amides is 2. The monoisotopic (exact) mass is 619 g/mol. The Kier molecular flexibility index (Phi) is 8.23. The van der Waals surface area contributed by atoms with Gasteiger partial charge < -0.3 is 10.6 Å². The largest absolute Gasteiger partial charge is 0.453 e. The van der Waals surface area contributed by atoms with Crippen molar-refractivity contribution < 1.29 is 35.9 Å². The lowest BCUT2D eigenvalue weighted by Crippen LogP contribution is -2.41. The highest BCUT2D eigenvalue weighted by Crippen LogP contribution is 2.35. The first-order valence-corrected chi connectivity index (χ1v) is 12.7. The van der Waals surface area contributed by atoms with Crippen molar-refractivity contribution in [2.75, 3.05) is 5.32 Å². The molecule has 2 N–H and O–H groups in total. The van der Waals surface area contributed by atoms with E-state index in [1.54, 1.807) is 20.8 Å². The van der Waals surface area contributed by atoms with Gasteiger partial charge in [-0.3, -0.25) is 9.59 Å². The van der Waals surface area contributed by atoms with E-state index in [9.17, 15) is 41.2 Å². The molecule has 2 aromatic heterocycles. The lowest BCUT2D eigenvalue weighted by atomic mass is 10.0. The van der Waals surface area contributed by atoms with Gasteiger partial charge in [0.1, 0.15) is 5.69 Å². The summed E-state index contributed by atoms with van der Waals surface area (Å²) in [6, 6.07) is 9.69. The smallest absolute Gasteiger partial charge is 0.347 e. The van der Waals surface area contributed by atoms with Crippen molar-refractivity contribution in [3.05, 3.63) is 81.9 Å². The predicted octanol–water partition coefficient (Wildman–Crippen LogP) is 4.91. The normalized spacial score (nSPS) is 12.1. The van der Waals surface area contributed by atoms with Gasteiger partial charge in [-0.05, 0) is 74.0 Å². The minimum absolute atomic E-state index is 0.0472. The summed E-state index contributed by atoms with van der Waals surface area (Å²) < 4.78 is 82.9. The fraction of sp³-hybridized carbons (Fsp3) is 0.296. The number of alkyl halides is 6. The van der Waals surface area contributed by atoms with Crippen molar-refractivity contribution in [1.82, 2.24) is 35.3 Å². The van der Waals surface area contributed by atoms with Gasteiger partial charge in [-0.1, -0.05) is 12.1 Å². The lowest BCUT2D eigenvalue weighted by molar-refractivity contribution is -0.147. The van der Waals surface area contributed by atoms with Gasteiger partial charge in [0, 0.05) is 5.54 Å². The number of carbonyl (C=O) groups is 2. The lowest BCUT2D eigenvalue weighted by Gasteiger charge is -2.22. The average Bonchev–Trinajstić information content (AvgIpc) is 3.55. The van der Waals surface area contributed by atoms with E-state index >= 15 is 0 Å². The predicted molar refractivity (Wildman–Crippen MR) is 142 cm³/mol. The molecule has 0 saturated heterocycles. The van der Waals surface area contributed by atoms with E-state index in [4.69, 9.17) is 0 Å². The number of nitrogens with zero attached hydrogens (tertiary/aromatic N) is 7. The Balaban J connectivity index is 1.85. The first-order valence-electron chi connectivity index (χ1n) is 12.7. The number of tetrazole rings is 1. The zero-order valence-electron chi connectivity index (χ0n) is 23.5. The fourth-order valence-corrected chi connectivity index (χ4v) is 4.20. The van der Waals surface area contributed by atoms with Gasteiger partial charge in [0.2, 0.25) is 0 Å². The number of nitrogens with one attached hydrogen (secondary N) is 2. The van der Waals surface area contributed by atoms with Crippen LogP contribution < -0.4 is 10.6 Å². The molecular weight excluding hydrogens is 596 g/mol. The molecule has 2 heterocycles. The molecule has 230 valence electrons. The number of carbonyl (C=O) groups excluding carboxylic acids is 2. The maximum Gasteiger partial charge on any atom is 0.453 e. The minimum atomic E-state index is -4.95. The standard InChI is InChI=1S/C27H23F6N9O2/c1-14-9-15(12-34)10-17(22(43)36-25(2,3)4)21(14)35-23(44)20-11-16(13-41-24(27(31,32)33)37-39-40-41)38-42(20)19-8-6-5-7-18(19)26(28,29)30/h5-11H,13H2,1-4H3,(H,35,44)(H,36,43). The van der Waals surface area contributed by atoms with Gasteiger partial charge in [0.25, 0.3) is 17.6 Å². The van der Waals surface area contributed by atoms with Crippen molar-refractivity contribution in [3.63, 3.8) is 0 Å². The number of halogens is 6. The molecule has 0 atom stereocenters. The van der Waals surface area contributed by atoms with Gasteiger partial charge >= 0.3 is 12.4 Å². The van der Waals surface area contributed by atoms with Crippen LogP contribution in [0.2, 0.25) is 0 Å². The average molecular weight is 620 g/mol. The number of benzene rings is 2. The number of aromatic nitrogens is 6. The molecule has 2 aromatic carbocycles. The third-order valence-corrected chi connectivity index (χ3v) is 5.96. The molecule has 11 nitrogen and oxygen atoms in total. The summed E-state index contributed by atoms with van der Waals surface area (Å²) in [6.45, 7) is 5.87. The van der Waals surface area contributed by atoms with Crippen LogP contribution in [0.3, 0.4) is 0 Å². The van der Waals surface area contributed by atoms with Crippen LogP contribution in [-0.2, 0) is 18.9 Å². The van der Waals surface area contributed by atoms with Crippen LogP contribution in [0.15, 0.2) is 42.5 Å². The van der Waals surface area contributed by atoms with Crippen molar-refractivity contribution in [1.29, 1.82) is 5.26 Å². The number of anilines is 1. The molecule has 0 bridgehead atoms. The first kappa shape index (κ1) is 31.7. The Morgan fingerprint density at radius 2 is 1.66 bits per heavy atom. The van der Waals surface area contributed by atoms with Gasteiger partial charge in [-0.15, -0.1) is 5.10 Å². The number of hydrogen-bond donors (Lipinski definition) is 2. The minimum Gasteiger partial charge on any atom is -0.347 e. The maximum atomic E-state index is 13.9. The van der Waals surface area contributed by atoms with E-state index in [1.807, 2.05) is 6.07 Å². The van der Waals surface area contributed by atoms with Crippen molar-refractivity contribution in [3.8, 4) is 11.8 Å². The molecule has 44 heavy (non-hydrogen) atoms. The summed E-state index contributed by atoms with van der Waals surface area (Å²) in [6.07, 6.45) is -9.84. The van der Waals surface area contributed by atoms with Crippen molar-refractivity contribution in [2.24, 2.45) is 0 Å². The van der Waals surface area contributed by atoms with Crippen LogP contribution in [-0.4, -0.2) is 47.3 Å². The van der Waals surface area contributed by atoms with Crippen LogP contribution >= 0.6 is 0 Å². The molecule has 0 unspecified atom stereocenters. The number of nitriles is 1. The number of aryl methyl sites for hydroxylation is 1. The third kappa shape index (κ3) is 6.85. The van der Waals surface area contributed by atoms with Crippen LogP contribution in [0.5, 0.6) is 0 Å². The highest BCUT2D eigenvalue weighted by atomic mass is 19.4. The topological polar surface area (TPSA) is 143 Å². The summed E-state index contributed by atoms with van der Waals surface area (Å²) in [5, 5.41) is 27.9. The molecule has 17 heteroatoms. The molecule has 0 aliphatic heterocycles. The Bertz CT molecular complexity index is 1780. The number of rotatable bonds is 6. The Hall–Kier alpha value is -5.27. The SMILES string of the molecule is Cc1cc(C#N)cc(C(=O)NC(C)(C)C)c1NC(=O)c1cc(Cn2nnnc2C(F)(F)F)nn1-c1ccccc1C(F)(F)F. The van der Waals surface area contributed by atoms with Gasteiger partial charge in [0.15, 0.2) is 0 Å². The van der Waals surface area contributed by atoms with E-state index in [-0.39, 0.29) is 28.1 Å². The van der Waals surface area contributed by atoms with Gasteiger partial charge in [-0.25, -0.2) is 9.36 Å². The van der Waals surface area contributed by atoms with Gasteiger partial charge in [0.05, 0.1) is 46.4 Å². The summed E-state index contributed by atoms with van der Waals surface area (Å²) >= 11 is 0. The molecule has 0 spiro atoms. The number of hydrogen-bond acceptors (Lipinski definition) is 7. The zero-order chi connectivity index (χ0) is 32.6. The Labute approximate surface area is 245 Å². The quantitative estimate of drug-likeness (QED) is 0.292. The second kappa shape index (κ2) is 11.4. The molecule has 4 rings (SSSR count). The number of para-hydroxylation sites is 1. The van der Waals surface area contributed by atoms with Crippen LogP contribution in [0.4, 0.5) is 32.0 Å². The summed E-state index contributed by atoms with van der Waals surface area (Å²) in [4.78, 5) is 26.8. The molecule has 2 amide bonds. The van der Waals surface area contributed by atoms with E-state index in [1.165, 1.54) is 25.1 Å². The molecule has 4 aromatic rings. The van der Waals surface area contributed by atoms with Crippen LogP contribution in [0.25, 0.3) is 5.69 Å². The summed E-state index contributed by atoms with van der Waals surface area (Å²) in [5.41, 5.74) is -3.04. The van der Waals surface area contributed by atoms with E-state index in [2.05, 4.69) is 31.3 Å². The van der Waals surface area contributed by atoms with Crippen molar-refractivity contribution in [2.45, 2.75) is 52.1 Å². The molecule has 0 aliphatic carbocycles. The summed E-state index contributed by atoms with van der Waals surface area (Å²) in [7, 11) is 0. The molecule has 0 radical (unpaired) electrons. The van der Waals surface area contributed by atoms with Crippen LogP contribution in [0, 0.1) is 18.3 Å². The highest BCUT2D eigenvalue weighted by molar-refractivity contribution is 6.09.